The number of ether oxygens (including phenoxy) is 1. The van der Waals surface area contributed by atoms with E-state index in [1.54, 1.807) is 18.6 Å². The maximum absolute atomic E-state index is 5.37. The lowest BCUT2D eigenvalue weighted by molar-refractivity contribution is 0.260. The largest absolute Gasteiger partial charge is 0.464 e. The molecule has 0 spiro atoms. The second-order valence-corrected chi connectivity index (χ2v) is 3.72. The Morgan fingerprint density at radius 2 is 2.27 bits per heavy atom. The standard InChI is InChI=1S/C10H9BrN2O2/c1-2-14-9-6-13-10(15-9)7-3-8(11)5-12-4-7/h3-6H,2H2,1H3. The first-order valence-electron chi connectivity index (χ1n) is 4.49. The zero-order valence-corrected chi connectivity index (χ0v) is 9.69. The van der Waals surface area contributed by atoms with Gasteiger partial charge in [-0.15, -0.1) is 0 Å². The minimum atomic E-state index is 0.424. The van der Waals surface area contributed by atoms with Crippen molar-refractivity contribution in [1.82, 2.24) is 9.97 Å². The number of aromatic nitrogens is 2. The fourth-order valence-electron chi connectivity index (χ4n) is 1.13. The van der Waals surface area contributed by atoms with Crippen LogP contribution in [-0.4, -0.2) is 16.6 Å². The molecule has 2 aromatic heterocycles. The molecule has 15 heavy (non-hydrogen) atoms. The van der Waals surface area contributed by atoms with Crippen LogP contribution in [0.15, 0.2) is 33.5 Å². The van der Waals surface area contributed by atoms with Gasteiger partial charge < -0.3 is 9.15 Å². The quantitative estimate of drug-likeness (QED) is 0.859. The van der Waals surface area contributed by atoms with E-state index in [0.717, 1.165) is 10.0 Å². The molecular formula is C10H9BrN2O2. The first kappa shape index (κ1) is 10.2. The van der Waals surface area contributed by atoms with E-state index in [9.17, 15) is 0 Å². The van der Waals surface area contributed by atoms with Crippen LogP contribution in [0, 0.1) is 0 Å². The molecule has 0 aromatic carbocycles. The van der Waals surface area contributed by atoms with Gasteiger partial charge in [-0.3, -0.25) is 4.98 Å². The summed E-state index contributed by atoms with van der Waals surface area (Å²) >= 11 is 3.33. The number of oxazole rings is 1. The highest BCUT2D eigenvalue weighted by atomic mass is 79.9. The van der Waals surface area contributed by atoms with Crippen molar-refractivity contribution in [2.24, 2.45) is 0 Å². The molecule has 0 aliphatic rings. The lowest BCUT2D eigenvalue weighted by Crippen LogP contribution is -1.88. The normalized spacial score (nSPS) is 10.3. The Morgan fingerprint density at radius 3 is 3.00 bits per heavy atom. The predicted octanol–water partition coefficient (Wildman–Crippen LogP) is 2.90. The third-order valence-electron chi connectivity index (χ3n) is 1.72. The average Bonchev–Trinajstić information content (AvgIpc) is 2.67. The molecule has 0 radical (unpaired) electrons. The maximum Gasteiger partial charge on any atom is 0.305 e. The SMILES string of the molecule is CCOc1cnc(-c2cncc(Br)c2)o1. The van der Waals surface area contributed by atoms with Crippen molar-refractivity contribution in [3.63, 3.8) is 0 Å². The first-order chi connectivity index (χ1) is 7.29. The van der Waals surface area contributed by atoms with E-state index in [0.29, 0.717) is 18.4 Å². The summed E-state index contributed by atoms with van der Waals surface area (Å²) in [5.74, 6) is 0.930. The van der Waals surface area contributed by atoms with Gasteiger partial charge in [0.2, 0.25) is 5.89 Å². The summed E-state index contributed by atoms with van der Waals surface area (Å²) in [6.07, 6.45) is 4.95. The maximum atomic E-state index is 5.37. The molecule has 78 valence electrons. The Bertz CT molecular complexity index is 456. The summed E-state index contributed by atoms with van der Waals surface area (Å²) in [5, 5.41) is 0. The number of pyridine rings is 1. The van der Waals surface area contributed by atoms with E-state index in [2.05, 4.69) is 25.9 Å². The van der Waals surface area contributed by atoms with Gasteiger partial charge in [0.15, 0.2) is 0 Å². The second kappa shape index (κ2) is 4.44. The Balaban J connectivity index is 2.29. The minimum Gasteiger partial charge on any atom is -0.464 e. The molecule has 2 aromatic rings. The van der Waals surface area contributed by atoms with Crippen LogP contribution in [0.1, 0.15) is 6.92 Å². The van der Waals surface area contributed by atoms with Crippen LogP contribution < -0.4 is 4.74 Å². The van der Waals surface area contributed by atoms with E-state index in [1.165, 1.54) is 0 Å². The van der Waals surface area contributed by atoms with Crippen LogP contribution in [0.25, 0.3) is 11.5 Å². The van der Waals surface area contributed by atoms with Crippen LogP contribution in [-0.2, 0) is 0 Å². The molecule has 2 heterocycles. The third-order valence-corrected chi connectivity index (χ3v) is 2.16. The number of hydrogen-bond donors (Lipinski definition) is 0. The third kappa shape index (κ3) is 2.36. The Labute approximate surface area is 95.4 Å². The van der Waals surface area contributed by atoms with E-state index in [4.69, 9.17) is 9.15 Å². The lowest BCUT2D eigenvalue weighted by Gasteiger charge is -1.96. The summed E-state index contributed by atoms with van der Waals surface area (Å²) in [6.45, 7) is 2.45. The molecule has 0 unspecified atom stereocenters. The minimum absolute atomic E-state index is 0.424. The van der Waals surface area contributed by atoms with E-state index >= 15 is 0 Å². The van der Waals surface area contributed by atoms with Gasteiger partial charge in [-0.1, -0.05) is 0 Å². The molecule has 4 nitrogen and oxygen atoms in total. The molecule has 0 bridgehead atoms. The van der Waals surface area contributed by atoms with Gasteiger partial charge in [0.1, 0.15) is 6.20 Å². The molecule has 0 N–H and O–H groups in total. The van der Waals surface area contributed by atoms with Gasteiger partial charge in [-0.2, -0.15) is 0 Å². The summed E-state index contributed by atoms with van der Waals surface area (Å²) in [5.41, 5.74) is 0.815. The molecule has 0 saturated heterocycles. The van der Waals surface area contributed by atoms with Crippen molar-refractivity contribution in [1.29, 1.82) is 0 Å². The highest BCUT2D eigenvalue weighted by Crippen LogP contribution is 2.24. The number of hydrogen-bond acceptors (Lipinski definition) is 4. The average molecular weight is 269 g/mol. The summed E-state index contributed by atoms with van der Waals surface area (Å²) in [4.78, 5) is 8.12. The van der Waals surface area contributed by atoms with Crippen LogP contribution in [0.3, 0.4) is 0 Å². The van der Waals surface area contributed by atoms with Crippen LogP contribution in [0.2, 0.25) is 0 Å². The summed E-state index contributed by atoms with van der Waals surface area (Å²) in [7, 11) is 0. The monoisotopic (exact) mass is 268 g/mol. The van der Waals surface area contributed by atoms with Gasteiger partial charge >= 0.3 is 5.95 Å². The topological polar surface area (TPSA) is 48.2 Å². The van der Waals surface area contributed by atoms with Crippen molar-refractivity contribution in [3.8, 4) is 17.4 Å². The number of halogens is 1. The van der Waals surface area contributed by atoms with Crippen molar-refractivity contribution in [3.05, 3.63) is 29.1 Å². The molecular weight excluding hydrogens is 260 g/mol. The van der Waals surface area contributed by atoms with E-state index < -0.39 is 0 Å². The molecule has 0 atom stereocenters. The highest BCUT2D eigenvalue weighted by Gasteiger charge is 2.07. The summed E-state index contributed by atoms with van der Waals surface area (Å²) in [6, 6.07) is 1.88. The van der Waals surface area contributed by atoms with Crippen LogP contribution in [0.4, 0.5) is 0 Å². The Hall–Kier alpha value is -1.36. The van der Waals surface area contributed by atoms with Gasteiger partial charge in [-0.25, -0.2) is 4.98 Å². The van der Waals surface area contributed by atoms with Gasteiger partial charge in [-0.05, 0) is 28.9 Å². The first-order valence-corrected chi connectivity index (χ1v) is 5.28. The number of rotatable bonds is 3. The Morgan fingerprint density at radius 1 is 1.40 bits per heavy atom. The lowest BCUT2D eigenvalue weighted by atomic mass is 10.3. The van der Waals surface area contributed by atoms with Gasteiger partial charge in [0.05, 0.1) is 12.2 Å². The molecule has 0 aliphatic carbocycles. The van der Waals surface area contributed by atoms with Crippen LogP contribution in [0.5, 0.6) is 5.95 Å². The van der Waals surface area contributed by atoms with Crippen molar-refractivity contribution in [2.75, 3.05) is 6.61 Å². The molecule has 0 aliphatic heterocycles. The molecule has 0 amide bonds. The van der Waals surface area contributed by atoms with Crippen molar-refractivity contribution < 1.29 is 9.15 Å². The highest BCUT2D eigenvalue weighted by molar-refractivity contribution is 9.10. The Kier molecular flexibility index (Phi) is 3.01. The van der Waals surface area contributed by atoms with Gasteiger partial charge in [0.25, 0.3) is 0 Å². The second-order valence-electron chi connectivity index (χ2n) is 2.81. The number of nitrogens with zero attached hydrogens (tertiary/aromatic N) is 2. The fraction of sp³-hybridized carbons (Fsp3) is 0.200. The molecule has 5 heteroatoms. The molecule has 0 fully saturated rings. The zero-order chi connectivity index (χ0) is 10.7. The summed E-state index contributed by atoms with van der Waals surface area (Å²) < 4.78 is 11.4. The fourth-order valence-corrected chi connectivity index (χ4v) is 1.50. The van der Waals surface area contributed by atoms with Crippen LogP contribution >= 0.6 is 15.9 Å². The predicted molar refractivity (Wildman–Crippen MR) is 58.6 cm³/mol. The van der Waals surface area contributed by atoms with Crippen molar-refractivity contribution in [2.45, 2.75) is 6.92 Å². The molecule has 2 rings (SSSR count). The zero-order valence-electron chi connectivity index (χ0n) is 8.11. The van der Waals surface area contributed by atoms with E-state index in [-0.39, 0.29) is 0 Å². The van der Waals surface area contributed by atoms with Gasteiger partial charge in [0, 0.05) is 16.9 Å². The molecule has 0 saturated carbocycles. The van der Waals surface area contributed by atoms with Crippen molar-refractivity contribution >= 4 is 15.9 Å². The van der Waals surface area contributed by atoms with E-state index in [1.807, 2.05) is 13.0 Å². The smallest absolute Gasteiger partial charge is 0.305 e.